The van der Waals surface area contributed by atoms with Gasteiger partial charge in [-0.15, -0.1) is 4.72 Å². The van der Waals surface area contributed by atoms with Gasteiger partial charge in [0.05, 0.1) is 28.0 Å². The molecule has 0 bridgehead atoms. The lowest BCUT2D eigenvalue weighted by atomic mass is 10.1. The lowest BCUT2D eigenvalue weighted by molar-refractivity contribution is -0.121. The second-order valence-electron chi connectivity index (χ2n) is 4.01. The van der Waals surface area contributed by atoms with Crippen LogP contribution in [0.1, 0.15) is 12.0 Å². The van der Waals surface area contributed by atoms with Crippen molar-refractivity contribution in [3.63, 3.8) is 0 Å². The van der Waals surface area contributed by atoms with E-state index in [1.807, 2.05) is 4.72 Å². The minimum Gasteiger partial charge on any atom is -0.593 e. The van der Waals surface area contributed by atoms with E-state index in [4.69, 9.17) is 4.74 Å². The minimum atomic E-state index is -4.39. The predicted octanol–water partition coefficient (Wildman–Crippen LogP) is 2.95. The van der Waals surface area contributed by atoms with Gasteiger partial charge in [-0.25, -0.2) is 0 Å². The van der Waals surface area contributed by atoms with E-state index in [0.717, 1.165) is 10.9 Å². The average molecular weight is 358 g/mol. The number of alkyl halides is 3. The molecule has 1 unspecified atom stereocenters. The Kier molecular flexibility index (Phi) is 4.65. The molecule has 2 rings (SSSR count). The Morgan fingerprint density at radius 1 is 1.42 bits per heavy atom. The molecule has 0 spiro atoms. The third-order valence-electron chi connectivity index (χ3n) is 2.59. The highest BCUT2D eigenvalue weighted by Gasteiger charge is 2.32. The van der Waals surface area contributed by atoms with Crippen LogP contribution in [0.4, 0.5) is 13.2 Å². The summed E-state index contributed by atoms with van der Waals surface area (Å²) in [5.74, 6) is 0.575. The molecule has 0 fully saturated rings. The highest BCUT2D eigenvalue weighted by atomic mass is 79.9. The minimum absolute atomic E-state index is 0.349. The van der Waals surface area contributed by atoms with Gasteiger partial charge in [0.25, 0.3) is 0 Å². The van der Waals surface area contributed by atoms with Crippen molar-refractivity contribution in [2.24, 2.45) is 0 Å². The predicted molar refractivity (Wildman–Crippen MR) is 68.4 cm³/mol. The topological polar surface area (TPSA) is 44.3 Å². The number of ether oxygens (including phenoxy) is 1. The number of nitrogens with one attached hydrogen (secondary N) is 1. The number of benzene rings is 1. The van der Waals surface area contributed by atoms with E-state index >= 15 is 0 Å². The van der Waals surface area contributed by atoms with E-state index < -0.39 is 24.1 Å². The number of halogens is 4. The van der Waals surface area contributed by atoms with Crippen LogP contribution in [0.5, 0.6) is 5.75 Å². The Morgan fingerprint density at radius 3 is 2.84 bits per heavy atom. The summed E-state index contributed by atoms with van der Waals surface area (Å²) in [6.07, 6.45) is -2.99. The smallest absolute Gasteiger partial charge is 0.405 e. The van der Waals surface area contributed by atoms with Gasteiger partial charge in [-0.2, -0.15) is 13.2 Å². The molecule has 19 heavy (non-hydrogen) atoms. The van der Waals surface area contributed by atoms with Gasteiger partial charge in [-0.3, -0.25) is 0 Å². The van der Waals surface area contributed by atoms with Gasteiger partial charge in [0, 0.05) is 0 Å². The van der Waals surface area contributed by atoms with E-state index in [1.165, 1.54) is 0 Å². The fourth-order valence-electron chi connectivity index (χ4n) is 1.80. The Labute approximate surface area is 120 Å². The van der Waals surface area contributed by atoms with Crippen LogP contribution >= 0.6 is 15.9 Å². The average Bonchev–Trinajstić information content (AvgIpc) is 2.36. The Morgan fingerprint density at radius 2 is 2.16 bits per heavy atom. The van der Waals surface area contributed by atoms with Crippen LogP contribution in [0, 0.1) is 0 Å². The molecule has 1 N–H and O–H groups in total. The Bertz CT molecular complexity index is 470. The molecule has 106 valence electrons. The number of fused-ring (bicyclic) bond motifs is 1. The maximum atomic E-state index is 12.1. The molecule has 0 saturated heterocycles. The number of hydrogen-bond acceptors (Lipinski definition) is 3. The lowest BCUT2D eigenvalue weighted by Gasteiger charge is -2.22. The normalized spacial score (nSPS) is 16.7. The first-order valence-electron chi connectivity index (χ1n) is 5.54. The lowest BCUT2D eigenvalue weighted by Crippen LogP contribution is -2.34. The molecule has 0 aromatic heterocycles. The van der Waals surface area contributed by atoms with E-state index in [0.29, 0.717) is 29.2 Å². The summed E-state index contributed by atoms with van der Waals surface area (Å²) in [6.45, 7) is -0.733. The zero-order valence-electron chi connectivity index (χ0n) is 9.72. The first-order chi connectivity index (χ1) is 8.88. The van der Waals surface area contributed by atoms with Gasteiger partial charge >= 0.3 is 6.18 Å². The molecule has 0 aliphatic carbocycles. The summed E-state index contributed by atoms with van der Waals surface area (Å²) in [5, 5.41) is 0. The molecule has 1 heterocycles. The summed E-state index contributed by atoms with van der Waals surface area (Å²) in [6, 6.07) is 3.18. The summed E-state index contributed by atoms with van der Waals surface area (Å²) in [4.78, 5) is 0.349. The van der Waals surface area contributed by atoms with Gasteiger partial charge in [-0.05, 0) is 40.9 Å². The largest absolute Gasteiger partial charge is 0.593 e. The van der Waals surface area contributed by atoms with Gasteiger partial charge in [0.1, 0.15) is 12.3 Å². The molecular weight excluding hydrogens is 347 g/mol. The molecule has 3 nitrogen and oxygen atoms in total. The number of rotatable bonds is 3. The van der Waals surface area contributed by atoms with Crippen LogP contribution < -0.4 is 9.46 Å². The molecule has 1 aliphatic heterocycles. The molecule has 1 atom stereocenters. The second-order valence-corrected chi connectivity index (χ2v) is 6.13. The van der Waals surface area contributed by atoms with Crippen molar-refractivity contribution in [2.75, 3.05) is 13.2 Å². The van der Waals surface area contributed by atoms with Gasteiger partial charge in [-0.1, -0.05) is 0 Å². The van der Waals surface area contributed by atoms with Crippen LogP contribution in [-0.4, -0.2) is 23.9 Å². The van der Waals surface area contributed by atoms with Crippen molar-refractivity contribution in [3.05, 3.63) is 22.2 Å². The van der Waals surface area contributed by atoms with Gasteiger partial charge in [0.15, 0.2) is 4.90 Å². The molecule has 1 aliphatic rings. The third-order valence-corrected chi connectivity index (χ3v) is 4.40. The van der Waals surface area contributed by atoms with E-state index in [1.54, 1.807) is 12.1 Å². The maximum Gasteiger partial charge on any atom is 0.405 e. The highest BCUT2D eigenvalue weighted by molar-refractivity contribution is 9.10. The van der Waals surface area contributed by atoms with Crippen molar-refractivity contribution in [2.45, 2.75) is 23.9 Å². The molecule has 1 aromatic rings. The molecule has 8 heteroatoms. The fourth-order valence-corrected chi connectivity index (χ4v) is 3.34. The van der Waals surface area contributed by atoms with Crippen LogP contribution in [0.2, 0.25) is 0 Å². The van der Waals surface area contributed by atoms with Gasteiger partial charge < -0.3 is 9.29 Å². The van der Waals surface area contributed by atoms with Crippen LogP contribution in [0.15, 0.2) is 21.5 Å². The molecule has 0 saturated carbocycles. The summed E-state index contributed by atoms with van der Waals surface area (Å²) in [7, 11) is 0. The molecule has 0 radical (unpaired) electrons. The van der Waals surface area contributed by atoms with Crippen molar-refractivity contribution in [1.29, 1.82) is 0 Å². The van der Waals surface area contributed by atoms with Crippen molar-refractivity contribution >= 4 is 27.3 Å². The van der Waals surface area contributed by atoms with E-state index in [-0.39, 0.29) is 0 Å². The maximum absolute atomic E-state index is 12.1. The van der Waals surface area contributed by atoms with Gasteiger partial charge in [0.2, 0.25) is 0 Å². The van der Waals surface area contributed by atoms with Crippen LogP contribution in [0.25, 0.3) is 0 Å². The fraction of sp³-hybridized carbons (Fsp3) is 0.455. The van der Waals surface area contributed by atoms with E-state index in [9.17, 15) is 17.7 Å². The van der Waals surface area contributed by atoms with Crippen LogP contribution in [-0.2, 0) is 17.8 Å². The standard InChI is InChI=1S/C11H11BrF3NO2S/c12-8-3-4-9(7-2-1-5-18-10(7)8)19(17)16-6-11(13,14)15/h3-4,16H,1-2,5-6H2. The quantitative estimate of drug-likeness (QED) is 0.845. The summed E-state index contributed by atoms with van der Waals surface area (Å²) >= 11 is 1.41. The second kappa shape index (κ2) is 5.90. The van der Waals surface area contributed by atoms with E-state index in [2.05, 4.69) is 15.9 Å². The summed E-state index contributed by atoms with van der Waals surface area (Å²) < 4.78 is 56.4. The van der Waals surface area contributed by atoms with Crippen LogP contribution in [0.3, 0.4) is 0 Å². The first kappa shape index (κ1) is 15.0. The third kappa shape index (κ3) is 3.77. The first-order valence-corrected chi connectivity index (χ1v) is 7.49. The van der Waals surface area contributed by atoms with Crippen molar-refractivity contribution in [3.8, 4) is 5.75 Å². The molecule has 0 amide bonds. The van der Waals surface area contributed by atoms with Crippen molar-refractivity contribution in [1.82, 2.24) is 4.72 Å². The zero-order chi connectivity index (χ0) is 14.0. The highest BCUT2D eigenvalue weighted by Crippen LogP contribution is 2.37. The Hall–Kier alpha value is -0.440. The zero-order valence-corrected chi connectivity index (χ0v) is 12.1. The SMILES string of the molecule is [O-][S+](NCC(F)(F)F)c1ccc(Br)c2c1CCCO2. The molecule has 1 aromatic carbocycles. The monoisotopic (exact) mass is 357 g/mol. The summed E-state index contributed by atoms with van der Waals surface area (Å²) in [5.41, 5.74) is 0.702. The number of hydrogen-bond donors (Lipinski definition) is 1. The Balaban J connectivity index is 2.20. The van der Waals surface area contributed by atoms with Crippen molar-refractivity contribution < 1.29 is 22.5 Å². The molecular formula is C11H11BrF3NO2S.